The lowest BCUT2D eigenvalue weighted by atomic mass is 10.4. The highest BCUT2D eigenvalue weighted by atomic mass is 16.2. The third-order valence-corrected chi connectivity index (χ3v) is 1.78. The Balaban J connectivity index is 2.73. The minimum atomic E-state index is -1.02. The van der Waals surface area contributed by atoms with Gasteiger partial charge < -0.3 is 5.73 Å². The van der Waals surface area contributed by atoms with E-state index in [1.54, 1.807) is 0 Å². The Morgan fingerprint density at radius 3 is 2.75 bits per heavy atom. The van der Waals surface area contributed by atoms with Crippen molar-refractivity contribution in [3.63, 3.8) is 0 Å². The summed E-state index contributed by atoms with van der Waals surface area (Å²) < 4.78 is 0.786. The van der Waals surface area contributed by atoms with Crippen molar-refractivity contribution in [3.05, 3.63) is 38.8 Å². The van der Waals surface area contributed by atoms with Crippen LogP contribution in [0.4, 0.5) is 0 Å². The molecule has 2 aromatic rings. The maximum absolute atomic E-state index is 11.4. The molecule has 0 saturated heterocycles. The number of nitrogens with two attached hydrogens (primary N) is 1. The van der Waals surface area contributed by atoms with Gasteiger partial charge in [-0.05, 0) is 0 Å². The van der Waals surface area contributed by atoms with Crippen LogP contribution in [0.3, 0.4) is 0 Å². The van der Waals surface area contributed by atoms with Crippen LogP contribution in [0.2, 0.25) is 0 Å². The zero-order valence-electron chi connectivity index (χ0n) is 7.80. The van der Waals surface area contributed by atoms with Crippen molar-refractivity contribution in [2.24, 2.45) is 5.73 Å². The topological polar surface area (TPSA) is 140 Å². The zero-order chi connectivity index (χ0) is 11.7. The van der Waals surface area contributed by atoms with Gasteiger partial charge in [-0.15, -0.1) is 0 Å². The molecule has 0 aliphatic rings. The van der Waals surface area contributed by atoms with E-state index in [0.717, 1.165) is 4.68 Å². The fraction of sp³-hybridized carbons (Fsp3) is 0. The second-order valence-corrected chi connectivity index (χ2v) is 2.83. The second-order valence-electron chi connectivity index (χ2n) is 2.83. The van der Waals surface area contributed by atoms with Crippen molar-refractivity contribution in [3.8, 4) is 5.82 Å². The van der Waals surface area contributed by atoms with Gasteiger partial charge >= 0.3 is 5.69 Å². The smallest absolute Gasteiger partial charge is 0.351 e. The Hall–Kier alpha value is -2.71. The molecule has 0 radical (unpaired) electrons. The number of carbonyl (C=O) groups excluding carboxylic acids is 1. The maximum Gasteiger partial charge on any atom is 0.351 e. The summed E-state index contributed by atoms with van der Waals surface area (Å²) in [7, 11) is 0. The fourth-order valence-corrected chi connectivity index (χ4v) is 1.09. The first-order valence-electron chi connectivity index (χ1n) is 4.13. The molecule has 0 aromatic carbocycles. The molecule has 2 rings (SSSR count). The number of aromatic nitrogens is 5. The first-order chi connectivity index (χ1) is 7.59. The summed E-state index contributed by atoms with van der Waals surface area (Å²) in [4.78, 5) is 35.3. The van der Waals surface area contributed by atoms with E-state index in [1.807, 2.05) is 4.98 Å². The number of nitrogens with zero attached hydrogens (tertiary/aromatic N) is 3. The van der Waals surface area contributed by atoms with Crippen LogP contribution in [-0.4, -0.2) is 30.9 Å². The van der Waals surface area contributed by atoms with Gasteiger partial charge in [-0.2, -0.15) is 14.9 Å². The van der Waals surface area contributed by atoms with E-state index in [-0.39, 0.29) is 5.82 Å². The average Bonchev–Trinajstić information content (AvgIpc) is 2.70. The SMILES string of the molecule is NC(=O)c1nn(-c2ccn[nH]2)c(=O)[nH]c1=O. The van der Waals surface area contributed by atoms with Gasteiger partial charge in [-0.1, -0.05) is 0 Å². The molecule has 0 atom stereocenters. The molecule has 0 unspecified atom stereocenters. The van der Waals surface area contributed by atoms with Gasteiger partial charge in [0, 0.05) is 6.07 Å². The Labute approximate surface area is 86.9 Å². The summed E-state index contributed by atoms with van der Waals surface area (Å²) in [5, 5.41) is 9.59. The standard InChI is InChI=1S/C7H6N6O3/c8-5(14)4-6(15)10-7(16)13(12-4)3-1-2-9-11-3/h1-2H,(H2,8,14)(H,9,11)(H,10,15,16). The number of carbonyl (C=O) groups is 1. The van der Waals surface area contributed by atoms with E-state index >= 15 is 0 Å². The van der Waals surface area contributed by atoms with Crippen molar-refractivity contribution in [2.75, 3.05) is 0 Å². The minimum absolute atomic E-state index is 0.212. The molecular formula is C7H6N6O3. The third kappa shape index (κ3) is 1.49. The Kier molecular flexibility index (Phi) is 2.12. The van der Waals surface area contributed by atoms with Gasteiger partial charge in [0.25, 0.3) is 11.5 Å². The highest BCUT2D eigenvalue weighted by molar-refractivity contribution is 5.90. The van der Waals surface area contributed by atoms with Crippen molar-refractivity contribution in [1.82, 2.24) is 25.0 Å². The molecular weight excluding hydrogens is 216 g/mol. The van der Waals surface area contributed by atoms with Gasteiger partial charge in [0.1, 0.15) is 0 Å². The van der Waals surface area contributed by atoms with E-state index in [2.05, 4.69) is 15.3 Å². The molecule has 16 heavy (non-hydrogen) atoms. The lowest BCUT2D eigenvalue weighted by Gasteiger charge is -2.00. The van der Waals surface area contributed by atoms with E-state index < -0.39 is 22.9 Å². The summed E-state index contributed by atoms with van der Waals surface area (Å²) in [5.41, 5.74) is 2.66. The average molecular weight is 222 g/mol. The molecule has 2 aromatic heterocycles. The predicted molar refractivity (Wildman–Crippen MR) is 51.1 cm³/mol. The lowest BCUT2D eigenvalue weighted by molar-refractivity contribution is 0.0992. The van der Waals surface area contributed by atoms with Gasteiger partial charge in [0.2, 0.25) is 5.69 Å². The molecule has 9 nitrogen and oxygen atoms in total. The fourth-order valence-electron chi connectivity index (χ4n) is 1.09. The number of hydrogen-bond donors (Lipinski definition) is 3. The largest absolute Gasteiger partial charge is 0.364 e. The highest BCUT2D eigenvalue weighted by Crippen LogP contribution is 1.93. The number of nitrogens with one attached hydrogen (secondary N) is 2. The van der Waals surface area contributed by atoms with E-state index in [1.165, 1.54) is 12.3 Å². The number of hydrogen-bond acceptors (Lipinski definition) is 5. The number of aromatic amines is 2. The molecule has 0 fully saturated rings. The van der Waals surface area contributed by atoms with Crippen LogP contribution < -0.4 is 17.0 Å². The van der Waals surface area contributed by atoms with Gasteiger partial charge in [0.05, 0.1) is 6.20 Å². The van der Waals surface area contributed by atoms with Crippen LogP contribution in [0.1, 0.15) is 10.5 Å². The molecule has 0 saturated carbocycles. The van der Waals surface area contributed by atoms with Crippen LogP contribution in [0.25, 0.3) is 5.82 Å². The monoisotopic (exact) mass is 222 g/mol. The highest BCUT2D eigenvalue weighted by Gasteiger charge is 2.13. The Bertz CT molecular complexity index is 637. The van der Waals surface area contributed by atoms with Crippen LogP contribution in [0.15, 0.2) is 21.9 Å². The molecule has 9 heteroatoms. The van der Waals surface area contributed by atoms with Crippen LogP contribution in [0.5, 0.6) is 0 Å². The molecule has 4 N–H and O–H groups in total. The molecule has 0 spiro atoms. The van der Waals surface area contributed by atoms with Crippen molar-refractivity contribution >= 4 is 5.91 Å². The second kappa shape index (κ2) is 3.46. The summed E-state index contributed by atoms with van der Waals surface area (Å²) in [6, 6.07) is 1.44. The number of H-pyrrole nitrogens is 2. The van der Waals surface area contributed by atoms with Gasteiger partial charge in [0.15, 0.2) is 5.82 Å². The van der Waals surface area contributed by atoms with E-state index in [9.17, 15) is 14.4 Å². The number of amides is 1. The van der Waals surface area contributed by atoms with Crippen LogP contribution in [0, 0.1) is 0 Å². The summed E-state index contributed by atoms with van der Waals surface area (Å²) in [5.74, 6) is -0.807. The molecule has 1 amide bonds. The first-order valence-corrected chi connectivity index (χ1v) is 4.13. The quantitative estimate of drug-likeness (QED) is 0.526. The normalized spacial score (nSPS) is 10.2. The molecule has 0 bridgehead atoms. The predicted octanol–water partition coefficient (Wildman–Crippen LogP) is -2.26. The molecule has 0 aliphatic heterocycles. The summed E-state index contributed by atoms with van der Waals surface area (Å²) in [6.07, 6.45) is 1.39. The Morgan fingerprint density at radius 1 is 1.44 bits per heavy atom. The zero-order valence-corrected chi connectivity index (χ0v) is 7.80. The van der Waals surface area contributed by atoms with Gasteiger partial charge in [-0.3, -0.25) is 19.7 Å². The van der Waals surface area contributed by atoms with E-state index in [0.29, 0.717) is 0 Å². The van der Waals surface area contributed by atoms with Crippen molar-refractivity contribution < 1.29 is 4.79 Å². The van der Waals surface area contributed by atoms with Crippen molar-refractivity contribution in [1.29, 1.82) is 0 Å². The minimum Gasteiger partial charge on any atom is -0.364 e. The summed E-state index contributed by atoms with van der Waals surface area (Å²) >= 11 is 0. The molecule has 82 valence electrons. The third-order valence-electron chi connectivity index (χ3n) is 1.78. The van der Waals surface area contributed by atoms with E-state index in [4.69, 9.17) is 5.73 Å². The first kappa shape index (κ1) is 9.83. The van der Waals surface area contributed by atoms with Crippen molar-refractivity contribution in [2.45, 2.75) is 0 Å². The number of primary amides is 1. The Morgan fingerprint density at radius 2 is 2.19 bits per heavy atom. The molecule has 2 heterocycles. The number of rotatable bonds is 2. The maximum atomic E-state index is 11.4. The van der Waals surface area contributed by atoms with Crippen LogP contribution in [-0.2, 0) is 0 Å². The van der Waals surface area contributed by atoms with Gasteiger partial charge in [-0.25, -0.2) is 4.79 Å². The van der Waals surface area contributed by atoms with Crippen LogP contribution >= 0.6 is 0 Å². The summed E-state index contributed by atoms with van der Waals surface area (Å²) in [6.45, 7) is 0. The lowest BCUT2D eigenvalue weighted by Crippen LogP contribution is -2.37. The molecule has 0 aliphatic carbocycles.